The summed E-state index contributed by atoms with van der Waals surface area (Å²) in [6.45, 7) is 9.86. The van der Waals surface area contributed by atoms with Crippen molar-refractivity contribution < 1.29 is 9.84 Å². The van der Waals surface area contributed by atoms with Gasteiger partial charge in [0.25, 0.3) is 0 Å². The first-order chi connectivity index (χ1) is 8.19. The number of aliphatic hydroxyl groups excluding tert-OH is 1. The molecule has 3 unspecified atom stereocenters. The van der Waals surface area contributed by atoms with Crippen molar-refractivity contribution in [2.45, 2.75) is 58.7 Å². The Morgan fingerprint density at radius 3 is 2.71 bits per heavy atom. The Balaban J connectivity index is 2.37. The standard InChI is InChI=1S/C14H29NO2/c1-4-6-7-13(5-2)9-15-8-12(3)17-14(10-15)11-16/h12-14,16H,4-11H2,1-3H3. The minimum Gasteiger partial charge on any atom is -0.394 e. The van der Waals surface area contributed by atoms with Crippen LogP contribution in [-0.2, 0) is 4.74 Å². The normalized spacial score (nSPS) is 28.2. The van der Waals surface area contributed by atoms with Crippen molar-refractivity contribution in [1.82, 2.24) is 4.90 Å². The van der Waals surface area contributed by atoms with Crippen molar-refractivity contribution >= 4 is 0 Å². The quantitative estimate of drug-likeness (QED) is 0.744. The molecule has 3 heteroatoms. The molecule has 1 aliphatic rings. The topological polar surface area (TPSA) is 32.7 Å². The second-order valence-corrected chi connectivity index (χ2v) is 5.39. The van der Waals surface area contributed by atoms with E-state index in [1.54, 1.807) is 0 Å². The van der Waals surface area contributed by atoms with Crippen LogP contribution < -0.4 is 0 Å². The summed E-state index contributed by atoms with van der Waals surface area (Å²) in [4.78, 5) is 2.47. The lowest BCUT2D eigenvalue weighted by molar-refractivity contribution is -0.0981. The lowest BCUT2D eigenvalue weighted by Gasteiger charge is -2.37. The van der Waals surface area contributed by atoms with Crippen molar-refractivity contribution in [2.75, 3.05) is 26.2 Å². The summed E-state index contributed by atoms with van der Waals surface area (Å²) in [6.07, 6.45) is 5.49. The molecule has 0 amide bonds. The zero-order valence-corrected chi connectivity index (χ0v) is 11.7. The molecule has 1 fully saturated rings. The van der Waals surface area contributed by atoms with Gasteiger partial charge in [-0.1, -0.05) is 33.1 Å². The van der Waals surface area contributed by atoms with Crippen LogP contribution >= 0.6 is 0 Å². The molecule has 3 atom stereocenters. The molecule has 1 saturated heterocycles. The largest absolute Gasteiger partial charge is 0.394 e. The average molecular weight is 243 g/mol. The van der Waals surface area contributed by atoms with Gasteiger partial charge in [0.05, 0.1) is 18.8 Å². The minimum atomic E-state index is 0.0161. The van der Waals surface area contributed by atoms with Gasteiger partial charge >= 0.3 is 0 Å². The molecule has 1 aliphatic heterocycles. The summed E-state index contributed by atoms with van der Waals surface area (Å²) in [5.74, 6) is 0.805. The van der Waals surface area contributed by atoms with Gasteiger partial charge in [0.1, 0.15) is 0 Å². The second kappa shape index (κ2) is 8.06. The highest BCUT2D eigenvalue weighted by atomic mass is 16.5. The van der Waals surface area contributed by atoms with Gasteiger partial charge in [-0.25, -0.2) is 0 Å². The maximum absolute atomic E-state index is 9.21. The van der Waals surface area contributed by atoms with Crippen molar-refractivity contribution in [3.63, 3.8) is 0 Å². The van der Waals surface area contributed by atoms with Gasteiger partial charge in [0, 0.05) is 19.6 Å². The monoisotopic (exact) mass is 243 g/mol. The molecule has 0 aromatic heterocycles. The highest BCUT2D eigenvalue weighted by molar-refractivity contribution is 4.77. The fourth-order valence-electron chi connectivity index (χ4n) is 2.67. The first-order valence-corrected chi connectivity index (χ1v) is 7.18. The van der Waals surface area contributed by atoms with Crippen molar-refractivity contribution in [2.24, 2.45) is 5.92 Å². The first-order valence-electron chi connectivity index (χ1n) is 7.18. The third-order valence-electron chi connectivity index (χ3n) is 3.67. The van der Waals surface area contributed by atoms with Crippen molar-refractivity contribution in [3.8, 4) is 0 Å². The third-order valence-corrected chi connectivity index (χ3v) is 3.67. The Morgan fingerprint density at radius 1 is 1.35 bits per heavy atom. The highest BCUT2D eigenvalue weighted by Gasteiger charge is 2.25. The lowest BCUT2D eigenvalue weighted by atomic mass is 9.98. The van der Waals surface area contributed by atoms with E-state index in [9.17, 15) is 5.11 Å². The van der Waals surface area contributed by atoms with E-state index in [0.717, 1.165) is 19.0 Å². The second-order valence-electron chi connectivity index (χ2n) is 5.39. The number of unbranched alkanes of at least 4 members (excludes halogenated alkanes) is 1. The van der Waals surface area contributed by atoms with Gasteiger partial charge in [0.15, 0.2) is 0 Å². The average Bonchev–Trinajstić information content (AvgIpc) is 2.33. The lowest BCUT2D eigenvalue weighted by Crippen LogP contribution is -2.49. The van der Waals surface area contributed by atoms with Crippen LogP contribution in [0.4, 0.5) is 0 Å². The van der Waals surface area contributed by atoms with E-state index >= 15 is 0 Å². The molecular formula is C14H29NO2. The van der Waals surface area contributed by atoms with Crippen LogP contribution in [0.15, 0.2) is 0 Å². The van der Waals surface area contributed by atoms with Gasteiger partial charge < -0.3 is 9.84 Å². The Hall–Kier alpha value is -0.120. The summed E-state index contributed by atoms with van der Waals surface area (Å²) in [6, 6.07) is 0. The summed E-state index contributed by atoms with van der Waals surface area (Å²) in [5, 5.41) is 9.21. The molecule has 1 N–H and O–H groups in total. The van der Waals surface area contributed by atoms with Gasteiger partial charge in [-0.15, -0.1) is 0 Å². The molecule has 17 heavy (non-hydrogen) atoms. The Morgan fingerprint density at radius 2 is 2.12 bits per heavy atom. The molecule has 0 bridgehead atoms. The number of ether oxygens (including phenoxy) is 1. The van der Waals surface area contributed by atoms with Crippen molar-refractivity contribution in [3.05, 3.63) is 0 Å². The number of morpholine rings is 1. The Labute approximate surface area is 106 Å². The molecule has 0 aliphatic carbocycles. The number of aliphatic hydroxyl groups is 1. The molecule has 102 valence electrons. The Kier molecular flexibility index (Phi) is 7.09. The van der Waals surface area contributed by atoms with E-state index in [4.69, 9.17) is 4.74 Å². The predicted molar refractivity (Wildman–Crippen MR) is 71.2 cm³/mol. The van der Waals surface area contributed by atoms with Crippen LogP contribution in [0.5, 0.6) is 0 Å². The van der Waals surface area contributed by atoms with Crippen LogP contribution in [0.1, 0.15) is 46.5 Å². The van der Waals surface area contributed by atoms with Crippen LogP contribution in [0.2, 0.25) is 0 Å². The van der Waals surface area contributed by atoms with Gasteiger partial charge in [-0.2, -0.15) is 0 Å². The van der Waals surface area contributed by atoms with Gasteiger partial charge in [0.2, 0.25) is 0 Å². The maximum Gasteiger partial charge on any atom is 0.0936 e. The summed E-state index contributed by atoms with van der Waals surface area (Å²) in [7, 11) is 0. The van der Waals surface area contributed by atoms with Crippen LogP contribution in [0.3, 0.4) is 0 Å². The van der Waals surface area contributed by atoms with E-state index in [-0.39, 0.29) is 18.8 Å². The Bertz CT molecular complexity index is 199. The molecular weight excluding hydrogens is 214 g/mol. The molecule has 3 nitrogen and oxygen atoms in total. The number of nitrogens with zero attached hydrogens (tertiary/aromatic N) is 1. The van der Waals surface area contributed by atoms with Crippen LogP contribution in [0.25, 0.3) is 0 Å². The van der Waals surface area contributed by atoms with E-state index in [2.05, 4.69) is 25.7 Å². The summed E-state index contributed by atoms with van der Waals surface area (Å²) in [5.41, 5.74) is 0. The maximum atomic E-state index is 9.21. The number of hydrogen-bond acceptors (Lipinski definition) is 3. The van der Waals surface area contributed by atoms with E-state index < -0.39 is 0 Å². The van der Waals surface area contributed by atoms with Crippen LogP contribution in [-0.4, -0.2) is 48.5 Å². The molecule has 0 radical (unpaired) electrons. The SMILES string of the molecule is CCCCC(CC)CN1CC(C)OC(CO)C1. The predicted octanol–water partition coefficient (Wildman–Crippen LogP) is 2.28. The van der Waals surface area contributed by atoms with Gasteiger partial charge in [-0.3, -0.25) is 4.90 Å². The number of hydrogen-bond donors (Lipinski definition) is 1. The molecule has 0 aromatic carbocycles. The van der Waals surface area contributed by atoms with Gasteiger partial charge in [-0.05, 0) is 19.3 Å². The molecule has 1 heterocycles. The van der Waals surface area contributed by atoms with Crippen LogP contribution in [0, 0.1) is 5.92 Å². The first kappa shape index (κ1) is 14.9. The third kappa shape index (κ3) is 5.36. The summed E-state index contributed by atoms with van der Waals surface area (Å²) >= 11 is 0. The fourth-order valence-corrected chi connectivity index (χ4v) is 2.67. The summed E-state index contributed by atoms with van der Waals surface area (Å²) < 4.78 is 5.67. The van der Waals surface area contributed by atoms with Crippen molar-refractivity contribution in [1.29, 1.82) is 0 Å². The fraction of sp³-hybridized carbons (Fsp3) is 1.00. The van der Waals surface area contributed by atoms with E-state index in [1.165, 1.54) is 32.2 Å². The number of rotatable bonds is 7. The zero-order valence-electron chi connectivity index (χ0n) is 11.7. The smallest absolute Gasteiger partial charge is 0.0936 e. The highest BCUT2D eigenvalue weighted by Crippen LogP contribution is 2.18. The molecule has 1 rings (SSSR count). The van der Waals surface area contributed by atoms with E-state index in [0.29, 0.717) is 0 Å². The molecule has 0 saturated carbocycles. The zero-order chi connectivity index (χ0) is 12.7. The van der Waals surface area contributed by atoms with E-state index in [1.807, 2.05) is 0 Å². The molecule has 0 aromatic rings. The molecule has 0 spiro atoms. The minimum absolute atomic E-state index is 0.0161.